The van der Waals surface area contributed by atoms with Crippen molar-refractivity contribution in [3.05, 3.63) is 28.8 Å². The molecule has 0 unspecified atom stereocenters. The first-order chi connectivity index (χ1) is 6.09. The molecule has 0 bridgehead atoms. The molecule has 72 valence electrons. The molecule has 0 fully saturated rings. The van der Waals surface area contributed by atoms with Gasteiger partial charge in [-0.2, -0.15) is 0 Å². The fraction of sp³-hybridized carbons (Fsp3) is 0.400. The van der Waals surface area contributed by atoms with Gasteiger partial charge in [0.25, 0.3) is 0 Å². The lowest BCUT2D eigenvalue weighted by Crippen LogP contribution is -2.15. The van der Waals surface area contributed by atoms with Gasteiger partial charge < -0.3 is 10.6 Å². The van der Waals surface area contributed by atoms with E-state index in [9.17, 15) is 0 Å². The maximum absolute atomic E-state index is 5.86. The number of benzene rings is 1. The summed E-state index contributed by atoms with van der Waals surface area (Å²) in [6.07, 6.45) is 0.944. The summed E-state index contributed by atoms with van der Waals surface area (Å²) in [6.45, 7) is 0.991. The Balaban J connectivity index is 2.70. The van der Waals surface area contributed by atoms with Crippen LogP contribution in [-0.4, -0.2) is 25.5 Å². The number of nitrogen functional groups attached to an aromatic ring is 1. The second-order valence-corrected chi connectivity index (χ2v) is 3.83. The third-order valence-corrected chi connectivity index (χ3v) is 2.17. The Labute approximate surface area is 84.3 Å². The van der Waals surface area contributed by atoms with Gasteiger partial charge in [0.2, 0.25) is 0 Å². The SMILES string of the molecule is CN(C)CCc1cc(Cl)ccc1N. The van der Waals surface area contributed by atoms with E-state index in [1.807, 2.05) is 32.3 Å². The molecule has 0 aliphatic rings. The van der Waals surface area contributed by atoms with Gasteiger partial charge in [-0.25, -0.2) is 0 Å². The van der Waals surface area contributed by atoms with Crippen LogP contribution in [0, 0.1) is 0 Å². The van der Waals surface area contributed by atoms with Crippen molar-refractivity contribution in [2.75, 3.05) is 26.4 Å². The molecule has 0 spiro atoms. The maximum atomic E-state index is 5.86. The summed E-state index contributed by atoms with van der Waals surface area (Å²) in [5, 5.41) is 0.753. The number of hydrogen-bond acceptors (Lipinski definition) is 2. The lowest BCUT2D eigenvalue weighted by Gasteiger charge is -2.10. The zero-order valence-electron chi connectivity index (χ0n) is 8.05. The molecule has 0 heterocycles. The normalized spacial score (nSPS) is 10.8. The first kappa shape index (κ1) is 10.4. The van der Waals surface area contributed by atoms with Gasteiger partial charge in [-0.15, -0.1) is 0 Å². The van der Waals surface area contributed by atoms with Crippen molar-refractivity contribution in [1.29, 1.82) is 0 Å². The fourth-order valence-corrected chi connectivity index (χ4v) is 1.33. The molecule has 0 saturated heterocycles. The molecule has 13 heavy (non-hydrogen) atoms. The van der Waals surface area contributed by atoms with E-state index in [-0.39, 0.29) is 0 Å². The van der Waals surface area contributed by atoms with Crippen molar-refractivity contribution < 1.29 is 0 Å². The van der Waals surface area contributed by atoms with Gasteiger partial charge in [0.1, 0.15) is 0 Å². The summed E-state index contributed by atoms with van der Waals surface area (Å²) < 4.78 is 0. The Morgan fingerprint density at radius 1 is 1.38 bits per heavy atom. The van der Waals surface area contributed by atoms with Crippen LogP contribution in [0.25, 0.3) is 0 Å². The van der Waals surface area contributed by atoms with Crippen LogP contribution in [0.15, 0.2) is 18.2 Å². The van der Waals surface area contributed by atoms with Crippen molar-refractivity contribution >= 4 is 17.3 Å². The molecule has 0 amide bonds. The van der Waals surface area contributed by atoms with Crippen LogP contribution in [0.1, 0.15) is 5.56 Å². The lowest BCUT2D eigenvalue weighted by molar-refractivity contribution is 0.414. The zero-order chi connectivity index (χ0) is 9.84. The van der Waals surface area contributed by atoms with Gasteiger partial charge >= 0.3 is 0 Å². The largest absolute Gasteiger partial charge is 0.399 e. The van der Waals surface area contributed by atoms with Crippen molar-refractivity contribution in [1.82, 2.24) is 4.90 Å². The molecule has 0 radical (unpaired) electrons. The summed E-state index contributed by atoms with van der Waals surface area (Å²) in [4.78, 5) is 2.13. The molecule has 1 rings (SSSR count). The molecule has 3 heteroatoms. The van der Waals surface area contributed by atoms with Crippen LogP contribution in [-0.2, 0) is 6.42 Å². The van der Waals surface area contributed by atoms with E-state index in [4.69, 9.17) is 17.3 Å². The van der Waals surface area contributed by atoms with Gasteiger partial charge in [0.15, 0.2) is 0 Å². The van der Waals surface area contributed by atoms with Gasteiger partial charge in [-0.05, 0) is 44.3 Å². The molecule has 0 aliphatic heterocycles. The molecular weight excluding hydrogens is 184 g/mol. The smallest absolute Gasteiger partial charge is 0.0410 e. The van der Waals surface area contributed by atoms with E-state index in [1.54, 1.807) is 0 Å². The van der Waals surface area contributed by atoms with E-state index < -0.39 is 0 Å². The summed E-state index contributed by atoms with van der Waals surface area (Å²) in [7, 11) is 4.08. The highest BCUT2D eigenvalue weighted by Gasteiger charge is 2.00. The first-order valence-electron chi connectivity index (χ1n) is 4.28. The van der Waals surface area contributed by atoms with E-state index in [2.05, 4.69) is 4.90 Å². The predicted molar refractivity (Wildman–Crippen MR) is 58.1 cm³/mol. The average molecular weight is 199 g/mol. The van der Waals surface area contributed by atoms with Crippen molar-refractivity contribution in [2.45, 2.75) is 6.42 Å². The molecule has 0 atom stereocenters. The third-order valence-electron chi connectivity index (χ3n) is 1.93. The number of likely N-dealkylation sites (N-methyl/N-ethyl adjacent to an activating group) is 1. The predicted octanol–water partition coefficient (Wildman–Crippen LogP) is 2.03. The Bertz CT molecular complexity index is 284. The van der Waals surface area contributed by atoms with E-state index in [0.717, 1.165) is 29.2 Å². The minimum Gasteiger partial charge on any atom is -0.399 e. The molecule has 0 aliphatic carbocycles. The van der Waals surface area contributed by atoms with Gasteiger partial charge in [-0.3, -0.25) is 0 Å². The Morgan fingerprint density at radius 3 is 2.69 bits per heavy atom. The summed E-state index contributed by atoms with van der Waals surface area (Å²) in [5.41, 5.74) is 7.75. The van der Waals surface area contributed by atoms with E-state index in [1.165, 1.54) is 0 Å². The van der Waals surface area contributed by atoms with Crippen molar-refractivity contribution in [3.63, 3.8) is 0 Å². The van der Waals surface area contributed by atoms with Gasteiger partial charge in [0.05, 0.1) is 0 Å². The molecule has 2 N–H and O–H groups in total. The van der Waals surface area contributed by atoms with Gasteiger partial charge in [0, 0.05) is 17.3 Å². The molecule has 1 aromatic rings. The molecule has 0 saturated carbocycles. The quantitative estimate of drug-likeness (QED) is 0.754. The molecule has 1 aromatic carbocycles. The summed E-state index contributed by atoms with van der Waals surface area (Å²) in [6, 6.07) is 5.60. The van der Waals surface area contributed by atoms with Crippen LogP contribution in [0.5, 0.6) is 0 Å². The Hall–Kier alpha value is -0.730. The standard InChI is InChI=1S/C10H15ClN2/c1-13(2)6-5-8-7-9(11)3-4-10(8)12/h3-4,7H,5-6,12H2,1-2H3. The summed E-state index contributed by atoms with van der Waals surface area (Å²) in [5.74, 6) is 0. The first-order valence-corrected chi connectivity index (χ1v) is 4.66. The molecule has 2 nitrogen and oxygen atoms in total. The van der Waals surface area contributed by atoms with E-state index in [0.29, 0.717) is 0 Å². The maximum Gasteiger partial charge on any atom is 0.0410 e. The number of halogens is 1. The van der Waals surface area contributed by atoms with Crippen LogP contribution < -0.4 is 5.73 Å². The van der Waals surface area contributed by atoms with Crippen molar-refractivity contribution in [3.8, 4) is 0 Å². The minimum atomic E-state index is 0.753. The minimum absolute atomic E-state index is 0.753. The highest BCUT2D eigenvalue weighted by Crippen LogP contribution is 2.18. The Morgan fingerprint density at radius 2 is 2.08 bits per heavy atom. The van der Waals surface area contributed by atoms with Crippen molar-refractivity contribution in [2.24, 2.45) is 0 Å². The number of rotatable bonds is 3. The second-order valence-electron chi connectivity index (χ2n) is 3.40. The molecule has 0 aromatic heterocycles. The van der Waals surface area contributed by atoms with Gasteiger partial charge in [-0.1, -0.05) is 11.6 Å². The van der Waals surface area contributed by atoms with Crippen LogP contribution >= 0.6 is 11.6 Å². The van der Waals surface area contributed by atoms with Crippen LogP contribution in [0.2, 0.25) is 5.02 Å². The number of anilines is 1. The lowest BCUT2D eigenvalue weighted by atomic mass is 10.1. The second kappa shape index (κ2) is 4.49. The topological polar surface area (TPSA) is 29.3 Å². The number of nitrogens with two attached hydrogens (primary N) is 1. The average Bonchev–Trinajstić information content (AvgIpc) is 2.06. The highest BCUT2D eigenvalue weighted by atomic mass is 35.5. The zero-order valence-corrected chi connectivity index (χ0v) is 8.80. The number of hydrogen-bond donors (Lipinski definition) is 1. The monoisotopic (exact) mass is 198 g/mol. The third kappa shape index (κ3) is 3.25. The van der Waals surface area contributed by atoms with Crippen LogP contribution in [0.4, 0.5) is 5.69 Å². The fourth-order valence-electron chi connectivity index (χ4n) is 1.13. The Kier molecular flexibility index (Phi) is 3.58. The summed E-state index contributed by atoms with van der Waals surface area (Å²) >= 11 is 5.86. The van der Waals surface area contributed by atoms with Crippen LogP contribution in [0.3, 0.4) is 0 Å². The highest BCUT2D eigenvalue weighted by molar-refractivity contribution is 6.30. The number of nitrogens with zero attached hydrogens (tertiary/aromatic N) is 1. The molecular formula is C10H15ClN2. The van der Waals surface area contributed by atoms with E-state index >= 15 is 0 Å².